The second kappa shape index (κ2) is 5.77. The van der Waals surface area contributed by atoms with Gasteiger partial charge in [-0.1, -0.05) is 0 Å². The second-order valence-electron chi connectivity index (χ2n) is 4.26. The van der Waals surface area contributed by atoms with E-state index in [1.165, 1.54) is 0 Å². The first-order valence-electron chi connectivity index (χ1n) is 6.18. The summed E-state index contributed by atoms with van der Waals surface area (Å²) in [5.74, 6) is 0.602. The molecule has 0 radical (unpaired) electrons. The number of hydrogen-bond donors (Lipinski definition) is 1. The molecule has 98 valence electrons. The van der Waals surface area contributed by atoms with Crippen LogP contribution in [0, 0.1) is 0 Å². The van der Waals surface area contributed by atoms with Gasteiger partial charge in [0.05, 0.1) is 19.3 Å². The van der Waals surface area contributed by atoms with E-state index in [1.807, 2.05) is 13.8 Å². The smallest absolute Gasteiger partial charge is 0.274 e. The van der Waals surface area contributed by atoms with Crippen molar-refractivity contribution >= 4 is 11.7 Å². The fourth-order valence-electron chi connectivity index (χ4n) is 1.90. The number of nitrogens with zero attached hydrogens (tertiary/aromatic N) is 3. The number of aromatic nitrogens is 2. The number of anilines is 1. The molecule has 2 rings (SSSR count). The van der Waals surface area contributed by atoms with Crippen LogP contribution in [0.15, 0.2) is 12.1 Å². The summed E-state index contributed by atoms with van der Waals surface area (Å²) < 4.78 is 5.31. The predicted molar refractivity (Wildman–Crippen MR) is 67.5 cm³/mol. The van der Waals surface area contributed by atoms with Gasteiger partial charge in [-0.3, -0.25) is 4.79 Å². The normalized spacial score (nSPS) is 19.7. The topological polar surface area (TPSA) is 67.4 Å². The quantitative estimate of drug-likeness (QED) is 0.858. The summed E-state index contributed by atoms with van der Waals surface area (Å²) in [6, 6.07) is 3.56. The van der Waals surface area contributed by atoms with Crippen LogP contribution < -0.4 is 5.32 Å². The van der Waals surface area contributed by atoms with E-state index in [4.69, 9.17) is 4.74 Å². The van der Waals surface area contributed by atoms with Crippen molar-refractivity contribution in [1.29, 1.82) is 0 Å². The van der Waals surface area contributed by atoms with Gasteiger partial charge < -0.3 is 15.0 Å². The number of carbonyl (C=O) groups excluding carboxylic acids is 1. The average molecular weight is 250 g/mol. The van der Waals surface area contributed by atoms with Crippen LogP contribution in [0.1, 0.15) is 24.3 Å². The Labute approximate surface area is 106 Å². The van der Waals surface area contributed by atoms with Gasteiger partial charge in [0.2, 0.25) is 0 Å². The summed E-state index contributed by atoms with van der Waals surface area (Å²) in [7, 11) is 0. The SMILES string of the molecule is CCNc1ccc(C(=O)N2CCOCC2C)nn1. The third-order valence-electron chi connectivity index (χ3n) is 2.87. The molecule has 0 aromatic carbocycles. The Balaban J connectivity index is 2.08. The standard InChI is InChI=1S/C12H18N4O2/c1-3-13-11-5-4-10(14-15-11)12(17)16-6-7-18-8-9(16)2/h4-5,9H,3,6-8H2,1-2H3,(H,13,15). The average Bonchev–Trinajstić information content (AvgIpc) is 2.40. The lowest BCUT2D eigenvalue weighted by molar-refractivity contribution is 0.00321. The van der Waals surface area contributed by atoms with Gasteiger partial charge in [0.1, 0.15) is 5.82 Å². The van der Waals surface area contributed by atoms with Crippen LogP contribution in [0.25, 0.3) is 0 Å². The van der Waals surface area contributed by atoms with E-state index in [0.29, 0.717) is 31.3 Å². The third kappa shape index (κ3) is 2.76. The highest BCUT2D eigenvalue weighted by Crippen LogP contribution is 2.11. The molecule has 6 nitrogen and oxygen atoms in total. The van der Waals surface area contributed by atoms with Crippen molar-refractivity contribution < 1.29 is 9.53 Å². The molecule has 0 spiro atoms. The van der Waals surface area contributed by atoms with E-state index in [0.717, 1.165) is 6.54 Å². The molecule has 1 aromatic rings. The van der Waals surface area contributed by atoms with Gasteiger partial charge in [0.25, 0.3) is 5.91 Å². The molecule has 1 aliphatic heterocycles. The fourth-order valence-corrected chi connectivity index (χ4v) is 1.90. The summed E-state index contributed by atoms with van der Waals surface area (Å²) in [5, 5.41) is 11.0. The minimum absolute atomic E-state index is 0.0821. The Hall–Kier alpha value is -1.69. The summed E-state index contributed by atoms with van der Waals surface area (Å²) >= 11 is 0. The van der Waals surface area contributed by atoms with E-state index in [-0.39, 0.29) is 11.9 Å². The number of amides is 1. The number of hydrogen-bond acceptors (Lipinski definition) is 5. The van der Waals surface area contributed by atoms with Crippen LogP contribution in [0.2, 0.25) is 0 Å². The molecule has 0 saturated carbocycles. The van der Waals surface area contributed by atoms with E-state index in [2.05, 4.69) is 15.5 Å². The lowest BCUT2D eigenvalue weighted by atomic mass is 10.2. The predicted octanol–water partition coefficient (Wildman–Crippen LogP) is 0.769. The zero-order chi connectivity index (χ0) is 13.0. The lowest BCUT2D eigenvalue weighted by Crippen LogP contribution is -2.47. The maximum absolute atomic E-state index is 12.2. The minimum Gasteiger partial charge on any atom is -0.377 e. The highest BCUT2D eigenvalue weighted by molar-refractivity contribution is 5.92. The van der Waals surface area contributed by atoms with Gasteiger partial charge in [0, 0.05) is 13.1 Å². The van der Waals surface area contributed by atoms with Gasteiger partial charge >= 0.3 is 0 Å². The Bertz CT molecular complexity index is 407. The molecule has 1 aliphatic rings. The monoisotopic (exact) mass is 250 g/mol. The number of ether oxygens (including phenoxy) is 1. The van der Waals surface area contributed by atoms with E-state index >= 15 is 0 Å². The van der Waals surface area contributed by atoms with Crippen molar-refractivity contribution in [3.8, 4) is 0 Å². The summed E-state index contributed by atoms with van der Waals surface area (Å²) in [6.07, 6.45) is 0. The van der Waals surface area contributed by atoms with Crippen molar-refractivity contribution in [2.45, 2.75) is 19.9 Å². The Morgan fingerprint density at radius 1 is 1.56 bits per heavy atom. The number of morpholine rings is 1. The molecule has 1 N–H and O–H groups in total. The summed E-state index contributed by atoms with van der Waals surface area (Å²) in [4.78, 5) is 14.0. The van der Waals surface area contributed by atoms with Crippen molar-refractivity contribution in [2.75, 3.05) is 31.6 Å². The zero-order valence-corrected chi connectivity index (χ0v) is 10.7. The Morgan fingerprint density at radius 2 is 2.39 bits per heavy atom. The van der Waals surface area contributed by atoms with Gasteiger partial charge in [-0.15, -0.1) is 10.2 Å². The van der Waals surface area contributed by atoms with Crippen LogP contribution in [0.5, 0.6) is 0 Å². The molecular formula is C12H18N4O2. The molecule has 1 fully saturated rings. The number of nitrogens with one attached hydrogen (secondary N) is 1. The molecule has 1 amide bonds. The van der Waals surface area contributed by atoms with Crippen molar-refractivity contribution in [3.63, 3.8) is 0 Å². The molecule has 2 heterocycles. The molecule has 6 heteroatoms. The second-order valence-corrected chi connectivity index (χ2v) is 4.26. The lowest BCUT2D eigenvalue weighted by Gasteiger charge is -2.32. The maximum atomic E-state index is 12.2. The first-order chi connectivity index (χ1) is 8.72. The summed E-state index contributed by atoms with van der Waals surface area (Å²) in [6.45, 7) is 6.50. The molecule has 1 saturated heterocycles. The zero-order valence-electron chi connectivity index (χ0n) is 10.7. The maximum Gasteiger partial charge on any atom is 0.274 e. The molecule has 0 bridgehead atoms. The van der Waals surface area contributed by atoms with E-state index < -0.39 is 0 Å². The molecular weight excluding hydrogens is 232 g/mol. The van der Waals surface area contributed by atoms with E-state index in [9.17, 15) is 4.79 Å². The largest absolute Gasteiger partial charge is 0.377 e. The van der Waals surface area contributed by atoms with Crippen molar-refractivity contribution in [2.24, 2.45) is 0 Å². The van der Waals surface area contributed by atoms with Crippen molar-refractivity contribution in [3.05, 3.63) is 17.8 Å². The highest BCUT2D eigenvalue weighted by Gasteiger charge is 2.25. The fraction of sp³-hybridized carbons (Fsp3) is 0.583. The molecule has 1 unspecified atom stereocenters. The highest BCUT2D eigenvalue weighted by atomic mass is 16.5. The van der Waals surface area contributed by atoms with Crippen molar-refractivity contribution in [1.82, 2.24) is 15.1 Å². The Morgan fingerprint density at radius 3 is 3.00 bits per heavy atom. The molecule has 1 atom stereocenters. The first-order valence-corrected chi connectivity index (χ1v) is 6.18. The van der Waals surface area contributed by atoms with Crippen LogP contribution in [0.4, 0.5) is 5.82 Å². The number of rotatable bonds is 3. The van der Waals surface area contributed by atoms with Crippen LogP contribution in [0.3, 0.4) is 0 Å². The molecule has 18 heavy (non-hydrogen) atoms. The molecule has 1 aromatic heterocycles. The van der Waals surface area contributed by atoms with Gasteiger partial charge in [0.15, 0.2) is 5.69 Å². The van der Waals surface area contributed by atoms with E-state index in [1.54, 1.807) is 17.0 Å². The van der Waals surface area contributed by atoms with Crippen LogP contribution in [-0.2, 0) is 4.74 Å². The van der Waals surface area contributed by atoms with Crippen LogP contribution in [-0.4, -0.2) is 53.3 Å². The number of carbonyl (C=O) groups is 1. The van der Waals surface area contributed by atoms with Gasteiger partial charge in [-0.05, 0) is 26.0 Å². The molecule has 0 aliphatic carbocycles. The Kier molecular flexibility index (Phi) is 4.09. The van der Waals surface area contributed by atoms with Gasteiger partial charge in [-0.25, -0.2) is 0 Å². The first kappa shape index (κ1) is 12.8. The summed E-state index contributed by atoms with van der Waals surface area (Å²) in [5.41, 5.74) is 0.380. The minimum atomic E-state index is -0.0821. The van der Waals surface area contributed by atoms with Crippen LogP contribution >= 0.6 is 0 Å². The third-order valence-corrected chi connectivity index (χ3v) is 2.87. The van der Waals surface area contributed by atoms with Gasteiger partial charge in [-0.2, -0.15) is 0 Å².